The van der Waals surface area contributed by atoms with Gasteiger partial charge < -0.3 is 4.57 Å². The van der Waals surface area contributed by atoms with Crippen LogP contribution >= 0.6 is 0 Å². The number of nitrogens with one attached hydrogen (secondary N) is 2. The zero-order chi connectivity index (χ0) is 18.9. The van der Waals surface area contributed by atoms with Gasteiger partial charge >= 0.3 is 0 Å². The van der Waals surface area contributed by atoms with E-state index in [0.29, 0.717) is 6.54 Å². The van der Waals surface area contributed by atoms with Crippen LogP contribution in [0.15, 0.2) is 84.0 Å². The zero-order valence-corrected chi connectivity index (χ0v) is 15.0. The van der Waals surface area contributed by atoms with Crippen LogP contribution in [-0.2, 0) is 6.54 Å². The van der Waals surface area contributed by atoms with Crippen LogP contribution < -0.4 is 5.56 Å². The Morgan fingerprint density at radius 3 is 2.68 bits per heavy atom. The average molecular weight is 367 g/mol. The first-order valence-electron chi connectivity index (χ1n) is 8.99. The lowest BCUT2D eigenvalue weighted by atomic mass is 10.0. The van der Waals surface area contributed by atoms with Crippen molar-refractivity contribution in [3.05, 3.63) is 95.2 Å². The molecule has 6 heteroatoms. The van der Waals surface area contributed by atoms with E-state index in [-0.39, 0.29) is 5.56 Å². The third kappa shape index (κ3) is 2.91. The summed E-state index contributed by atoms with van der Waals surface area (Å²) in [7, 11) is 0. The van der Waals surface area contributed by atoms with Crippen molar-refractivity contribution in [1.82, 2.24) is 25.0 Å². The SMILES string of the molecule is O=c1ccc(-c2ccc3cn[nH]c3c2)cn1Cc1ccccc1-c1ccn[nH]1. The molecule has 0 saturated heterocycles. The highest BCUT2D eigenvalue weighted by Crippen LogP contribution is 2.24. The van der Waals surface area contributed by atoms with Gasteiger partial charge in [-0.05, 0) is 34.9 Å². The molecule has 0 fully saturated rings. The standard InChI is InChI=1S/C22H17N5O/c28-22-8-7-17(15-5-6-16-12-24-26-21(16)11-15)13-27(22)14-18-3-1-2-4-19(18)20-9-10-23-25-20/h1-13H,14H2,(H,23,25)(H,24,26). The van der Waals surface area contributed by atoms with E-state index in [1.165, 1.54) is 0 Å². The summed E-state index contributed by atoms with van der Waals surface area (Å²) in [5, 5.41) is 15.2. The van der Waals surface area contributed by atoms with Crippen LogP contribution in [0.5, 0.6) is 0 Å². The average Bonchev–Trinajstić information content (AvgIpc) is 3.41. The fourth-order valence-electron chi connectivity index (χ4n) is 3.45. The van der Waals surface area contributed by atoms with Gasteiger partial charge in [-0.1, -0.05) is 36.4 Å². The number of benzene rings is 2. The summed E-state index contributed by atoms with van der Waals surface area (Å²) >= 11 is 0. The minimum Gasteiger partial charge on any atom is -0.310 e. The minimum atomic E-state index is -0.0363. The van der Waals surface area contributed by atoms with Gasteiger partial charge in [-0.25, -0.2) is 0 Å². The molecule has 0 aliphatic carbocycles. The summed E-state index contributed by atoms with van der Waals surface area (Å²) in [6.45, 7) is 0.480. The monoisotopic (exact) mass is 367 g/mol. The topological polar surface area (TPSA) is 79.4 Å². The van der Waals surface area contributed by atoms with Crippen molar-refractivity contribution in [1.29, 1.82) is 0 Å². The first-order chi connectivity index (χ1) is 13.8. The lowest BCUT2D eigenvalue weighted by Gasteiger charge is -2.12. The third-order valence-corrected chi connectivity index (χ3v) is 4.91. The van der Waals surface area contributed by atoms with Gasteiger partial charge in [-0.15, -0.1) is 0 Å². The predicted molar refractivity (Wildman–Crippen MR) is 109 cm³/mol. The molecule has 2 N–H and O–H groups in total. The number of hydrogen-bond donors (Lipinski definition) is 2. The van der Waals surface area contributed by atoms with Crippen molar-refractivity contribution in [2.75, 3.05) is 0 Å². The van der Waals surface area contributed by atoms with Crippen molar-refractivity contribution in [2.45, 2.75) is 6.54 Å². The largest absolute Gasteiger partial charge is 0.310 e. The van der Waals surface area contributed by atoms with Crippen molar-refractivity contribution < 1.29 is 0 Å². The van der Waals surface area contributed by atoms with E-state index in [1.54, 1.807) is 23.0 Å². The van der Waals surface area contributed by atoms with E-state index < -0.39 is 0 Å². The molecule has 3 heterocycles. The highest BCUT2D eigenvalue weighted by Gasteiger charge is 2.09. The summed E-state index contributed by atoms with van der Waals surface area (Å²) in [6.07, 6.45) is 5.43. The molecule has 0 bridgehead atoms. The molecule has 0 spiro atoms. The number of nitrogens with zero attached hydrogens (tertiary/aromatic N) is 3. The Balaban J connectivity index is 1.55. The second kappa shape index (κ2) is 6.66. The number of aromatic amines is 2. The molecule has 0 aliphatic heterocycles. The maximum Gasteiger partial charge on any atom is 0.250 e. The lowest BCUT2D eigenvalue weighted by Crippen LogP contribution is -2.19. The number of fused-ring (bicyclic) bond motifs is 1. The number of H-pyrrole nitrogens is 2. The molecule has 0 radical (unpaired) electrons. The van der Waals surface area contributed by atoms with Gasteiger partial charge in [0.05, 0.1) is 24.0 Å². The quantitative estimate of drug-likeness (QED) is 0.507. The van der Waals surface area contributed by atoms with Crippen LogP contribution in [0, 0.1) is 0 Å². The first-order valence-corrected chi connectivity index (χ1v) is 8.99. The van der Waals surface area contributed by atoms with E-state index in [2.05, 4.69) is 20.4 Å². The van der Waals surface area contributed by atoms with Gasteiger partial charge in [0, 0.05) is 29.4 Å². The Hall–Kier alpha value is -3.93. The Morgan fingerprint density at radius 1 is 0.893 bits per heavy atom. The predicted octanol–water partition coefficient (Wildman–Crippen LogP) is 3.83. The molecule has 6 nitrogen and oxygen atoms in total. The number of hydrogen-bond acceptors (Lipinski definition) is 3. The van der Waals surface area contributed by atoms with Crippen molar-refractivity contribution in [3.8, 4) is 22.4 Å². The molecule has 28 heavy (non-hydrogen) atoms. The van der Waals surface area contributed by atoms with Gasteiger partial charge in [0.1, 0.15) is 0 Å². The molecule has 0 atom stereocenters. The number of aromatic nitrogens is 5. The molecule has 0 saturated carbocycles. The van der Waals surface area contributed by atoms with Crippen molar-refractivity contribution >= 4 is 10.9 Å². The molecular weight excluding hydrogens is 350 g/mol. The summed E-state index contributed by atoms with van der Waals surface area (Å²) in [4.78, 5) is 12.5. The summed E-state index contributed by atoms with van der Waals surface area (Å²) < 4.78 is 1.74. The summed E-state index contributed by atoms with van der Waals surface area (Å²) in [6, 6.07) is 19.5. The zero-order valence-electron chi connectivity index (χ0n) is 15.0. The van der Waals surface area contributed by atoms with Crippen molar-refractivity contribution in [3.63, 3.8) is 0 Å². The highest BCUT2D eigenvalue weighted by molar-refractivity contribution is 5.83. The van der Waals surface area contributed by atoms with Crippen LogP contribution in [0.1, 0.15) is 5.56 Å². The molecule has 0 unspecified atom stereocenters. The number of pyridine rings is 1. The fraction of sp³-hybridized carbons (Fsp3) is 0.0455. The van der Waals surface area contributed by atoms with Crippen LogP contribution in [0.3, 0.4) is 0 Å². The number of rotatable bonds is 4. The van der Waals surface area contributed by atoms with Gasteiger partial charge in [-0.2, -0.15) is 10.2 Å². The summed E-state index contributed by atoms with van der Waals surface area (Å²) in [5.74, 6) is 0. The maximum absolute atomic E-state index is 12.5. The Bertz CT molecular complexity index is 1310. The highest BCUT2D eigenvalue weighted by atomic mass is 16.1. The van der Waals surface area contributed by atoms with Crippen LogP contribution in [0.4, 0.5) is 0 Å². The van der Waals surface area contributed by atoms with Crippen LogP contribution in [-0.4, -0.2) is 25.0 Å². The Morgan fingerprint density at radius 2 is 1.79 bits per heavy atom. The molecule has 0 amide bonds. The lowest BCUT2D eigenvalue weighted by molar-refractivity contribution is 0.762. The molecule has 5 rings (SSSR count). The van der Waals surface area contributed by atoms with Crippen molar-refractivity contribution in [2.24, 2.45) is 0 Å². The second-order valence-corrected chi connectivity index (χ2v) is 6.68. The van der Waals surface area contributed by atoms with Crippen LogP contribution in [0.2, 0.25) is 0 Å². The smallest absolute Gasteiger partial charge is 0.250 e. The Kier molecular flexibility index (Phi) is 3.87. The van der Waals surface area contributed by atoms with E-state index in [4.69, 9.17) is 0 Å². The maximum atomic E-state index is 12.5. The van der Waals surface area contributed by atoms with Gasteiger partial charge in [-0.3, -0.25) is 15.0 Å². The molecule has 5 aromatic rings. The van der Waals surface area contributed by atoms with E-state index in [1.807, 2.05) is 60.8 Å². The molecule has 0 aliphatic rings. The fourth-order valence-corrected chi connectivity index (χ4v) is 3.45. The van der Waals surface area contributed by atoms with E-state index in [0.717, 1.165) is 38.9 Å². The minimum absolute atomic E-state index is 0.0363. The second-order valence-electron chi connectivity index (χ2n) is 6.68. The van der Waals surface area contributed by atoms with Gasteiger partial charge in [0.25, 0.3) is 5.56 Å². The Labute approximate surface area is 160 Å². The molecule has 3 aromatic heterocycles. The van der Waals surface area contributed by atoms with Crippen LogP contribution in [0.25, 0.3) is 33.3 Å². The molecular formula is C22H17N5O. The van der Waals surface area contributed by atoms with E-state index >= 15 is 0 Å². The molecule has 136 valence electrons. The van der Waals surface area contributed by atoms with Gasteiger partial charge in [0.15, 0.2) is 0 Å². The third-order valence-electron chi connectivity index (χ3n) is 4.91. The molecule has 2 aromatic carbocycles. The van der Waals surface area contributed by atoms with E-state index in [9.17, 15) is 4.79 Å². The summed E-state index contributed by atoms with van der Waals surface area (Å²) in [5.41, 5.74) is 5.98. The normalized spacial score (nSPS) is 11.1. The first kappa shape index (κ1) is 16.3. The van der Waals surface area contributed by atoms with Gasteiger partial charge in [0.2, 0.25) is 0 Å².